The molecule has 0 radical (unpaired) electrons. The second-order valence-corrected chi connectivity index (χ2v) is 6.76. The van der Waals surface area contributed by atoms with Crippen molar-refractivity contribution in [3.05, 3.63) is 45.1 Å². The number of halogens is 1. The van der Waals surface area contributed by atoms with Crippen molar-refractivity contribution >= 4 is 38.9 Å². The zero-order chi connectivity index (χ0) is 15.9. The van der Waals surface area contributed by atoms with Crippen LogP contribution in [-0.4, -0.2) is 25.3 Å². The number of hydrogen-bond acceptors (Lipinski definition) is 5. The molecule has 0 spiro atoms. The molecule has 0 unspecified atom stereocenters. The number of amides is 1. The molecule has 1 aromatic carbocycles. The highest BCUT2D eigenvalue weighted by molar-refractivity contribution is 9.11. The lowest BCUT2D eigenvalue weighted by atomic mass is 10.3. The van der Waals surface area contributed by atoms with Crippen LogP contribution in [0.2, 0.25) is 0 Å². The third kappa shape index (κ3) is 4.85. The van der Waals surface area contributed by atoms with Gasteiger partial charge in [-0.3, -0.25) is 4.79 Å². The topological polar surface area (TPSA) is 59.9 Å². The Hall–Kier alpha value is -1.86. The lowest BCUT2D eigenvalue weighted by Gasteiger charge is -2.06. The van der Waals surface area contributed by atoms with Crippen molar-refractivity contribution in [2.45, 2.75) is 6.92 Å². The Morgan fingerprint density at radius 2 is 1.91 bits per heavy atom. The fourth-order valence-electron chi connectivity index (χ4n) is 1.56. The molecule has 2 rings (SSSR count). The van der Waals surface area contributed by atoms with Crippen LogP contribution < -0.4 is 14.9 Å². The summed E-state index contributed by atoms with van der Waals surface area (Å²) in [6.07, 6.45) is 0. The predicted molar refractivity (Wildman–Crippen MR) is 90.9 cm³/mol. The van der Waals surface area contributed by atoms with Gasteiger partial charge in [-0.15, -0.1) is 11.3 Å². The summed E-state index contributed by atoms with van der Waals surface area (Å²) in [5.74, 6) is 1.02. The van der Waals surface area contributed by atoms with E-state index in [1.807, 2.05) is 19.1 Å². The number of benzene rings is 1. The molecule has 0 saturated heterocycles. The first-order valence-electron chi connectivity index (χ1n) is 6.44. The Labute approximate surface area is 141 Å². The summed E-state index contributed by atoms with van der Waals surface area (Å²) in [6, 6.07) is 10.9. The van der Waals surface area contributed by atoms with E-state index >= 15 is 0 Å². The van der Waals surface area contributed by atoms with Gasteiger partial charge in [-0.05, 0) is 59.3 Å². The minimum atomic E-state index is -0.314. The molecule has 1 N–H and O–H groups in total. The smallest absolute Gasteiger partial charge is 0.277 e. The van der Waals surface area contributed by atoms with Gasteiger partial charge in [-0.1, -0.05) is 0 Å². The molecular weight excluding hydrogens is 368 g/mol. The molecule has 22 heavy (non-hydrogen) atoms. The first-order chi connectivity index (χ1) is 10.6. The van der Waals surface area contributed by atoms with Crippen LogP contribution in [0.25, 0.3) is 0 Å². The molecule has 1 heterocycles. The summed E-state index contributed by atoms with van der Waals surface area (Å²) >= 11 is 4.94. The summed E-state index contributed by atoms with van der Waals surface area (Å²) in [5, 5.41) is 4.05. The fraction of sp³-hybridized carbons (Fsp3) is 0.200. The minimum absolute atomic E-state index is 0.1000. The molecule has 0 bridgehead atoms. The third-order valence-corrected chi connectivity index (χ3v) is 4.44. The maximum Gasteiger partial charge on any atom is 0.277 e. The molecule has 1 aromatic heterocycles. The van der Waals surface area contributed by atoms with E-state index in [1.54, 1.807) is 42.7 Å². The highest BCUT2D eigenvalue weighted by Gasteiger charge is 2.04. The number of carbonyl (C=O) groups excluding carboxylic acids is 1. The zero-order valence-electron chi connectivity index (χ0n) is 12.1. The molecule has 116 valence electrons. The van der Waals surface area contributed by atoms with Crippen molar-refractivity contribution in [3.63, 3.8) is 0 Å². The van der Waals surface area contributed by atoms with Gasteiger partial charge in [0.2, 0.25) is 0 Å². The molecule has 0 saturated carbocycles. The molecule has 0 atom stereocenters. The van der Waals surface area contributed by atoms with Crippen LogP contribution in [-0.2, 0) is 4.79 Å². The van der Waals surface area contributed by atoms with Gasteiger partial charge >= 0.3 is 0 Å². The van der Waals surface area contributed by atoms with E-state index in [0.29, 0.717) is 5.75 Å². The lowest BCUT2D eigenvalue weighted by molar-refractivity contribution is -0.123. The zero-order valence-corrected chi connectivity index (χ0v) is 14.5. The van der Waals surface area contributed by atoms with Gasteiger partial charge in [0.15, 0.2) is 6.61 Å². The van der Waals surface area contributed by atoms with Crippen molar-refractivity contribution in [3.8, 4) is 11.5 Å². The van der Waals surface area contributed by atoms with E-state index in [1.165, 1.54) is 0 Å². The summed E-state index contributed by atoms with van der Waals surface area (Å²) in [7, 11) is 1.59. The van der Waals surface area contributed by atoms with Crippen LogP contribution in [0.4, 0.5) is 0 Å². The molecule has 5 nitrogen and oxygen atoms in total. The van der Waals surface area contributed by atoms with Gasteiger partial charge in [0, 0.05) is 0 Å². The SMILES string of the molecule is COc1ccc(OCC(=O)NN=C(C)c2ccc(Br)s2)cc1. The van der Waals surface area contributed by atoms with E-state index in [0.717, 1.165) is 20.1 Å². The van der Waals surface area contributed by atoms with Gasteiger partial charge in [0.1, 0.15) is 11.5 Å². The van der Waals surface area contributed by atoms with Crippen LogP contribution in [0.15, 0.2) is 45.3 Å². The number of ether oxygens (including phenoxy) is 2. The molecule has 0 fully saturated rings. The number of thiophene rings is 1. The van der Waals surface area contributed by atoms with Gasteiger partial charge in [-0.25, -0.2) is 5.43 Å². The first-order valence-corrected chi connectivity index (χ1v) is 8.05. The Morgan fingerprint density at radius 1 is 1.23 bits per heavy atom. The van der Waals surface area contributed by atoms with E-state index < -0.39 is 0 Å². The monoisotopic (exact) mass is 382 g/mol. The van der Waals surface area contributed by atoms with Crippen molar-refractivity contribution in [1.82, 2.24) is 5.43 Å². The van der Waals surface area contributed by atoms with Crippen molar-refractivity contribution < 1.29 is 14.3 Å². The summed E-state index contributed by atoms with van der Waals surface area (Å²) in [6.45, 7) is 1.74. The summed E-state index contributed by atoms with van der Waals surface area (Å²) < 4.78 is 11.4. The summed E-state index contributed by atoms with van der Waals surface area (Å²) in [4.78, 5) is 12.7. The van der Waals surface area contributed by atoms with E-state index in [4.69, 9.17) is 9.47 Å². The summed E-state index contributed by atoms with van der Waals surface area (Å²) in [5.41, 5.74) is 3.22. The average Bonchev–Trinajstić information content (AvgIpc) is 2.97. The quantitative estimate of drug-likeness (QED) is 0.614. The third-order valence-electron chi connectivity index (χ3n) is 2.71. The van der Waals surface area contributed by atoms with E-state index in [9.17, 15) is 4.79 Å². The number of hydrazone groups is 1. The number of nitrogens with one attached hydrogen (secondary N) is 1. The maximum absolute atomic E-state index is 11.7. The van der Waals surface area contributed by atoms with E-state index in [-0.39, 0.29) is 12.5 Å². The predicted octanol–water partition coefficient (Wildman–Crippen LogP) is 3.44. The highest BCUT2D eigenvalue weighted by atomic mass is 79.9. The lowest BCUT2D eigenvalue weighted by Crippen LogP contribution is -2.25. The molecule has 0 aliphatic rings. The Morgan fingerprint density at radius 3 is 2.50 bits per heavy atom. The largest absolute Gasteiger partial charge is 0.497 e. The number of rotatable bonds is 6. The van der Waals surface area contributed by atoms with Crippen molar-refractivity contribution in [2.24, 2.45) is 5.10 Å². The van der Waals surface area contributed by atoms with Crippen LogP contribution in [0.1, 0.15) is 11.8 Å². The second kappa shape index (κ2) is 7.95. The normalized spacial score (nSPS) is 11.1. The number of methoxy groups -OCH3 is 1. The van der Waals surface area contributed by atoms with Gasteiger partial charge in [0.25, 0.3) is 5.91 Å². The minimum Gasteiger partial charge on any atom is -0.497 e. The van der Waals surface area contributed by atoms with Crippen molar-refractivity contribution in [2.75, 3.05) is 13.7 Å². The van der Waals surface area contributed by atoms with Crippen LogP contribution in [0, 0.1) is 0 Å². The van der Waals surface area contributed by atoms with Gasteiger partial charge < -0.3 is 9.47 Å². The molecule has 1 amide bonds. The molecule has 0 aliphatic carbocycles. The number of nitrogens with zero attached hydrogens (tertiary/aromatic N) is 1. The average molecular weight is 383 g/mol. The van der Waals surface area contributed by atoms with Crippen LogP contribution in [0.5, 0.6) is 11.5 Å². The second-order valence-electron chi connectivity index (χ2n) is 4.30. The molecule has 7 heteroatoms. The molecule has 0 aliphatic heterocycles. The standard InChI is InChI=1S/C15H15BrN2O3S/c1-10(13-7-8-14(16)22-13)17-18-15(19)9-21-12-5-3-11(20-2)4-6-12/h3-8H,9H2,1-2H3,(H,18,19). The fourth-order valence-corrected chi connectivity index (χ4v) is 2.89. The molecular formula is C15H15BrN2O3S. The molecule has 2 aromatic rings. The van der Waals surface area contributed by atoms with Crippen molar-refractivity contribution in [1.29, 1.82) is 0 Å². The first kappa shape index (κ1) is 16.5. The van der Waals surface area contributed by atoms with Crippen LogP contribution in [0.3, 0.4) is 0 Å². The van der Waals surface area contributed by atoms with Gasteiger partial charge in [-0.2, -0.15) is 5.10 Å². The number of carbonyl (C=O) groups is 1. The Bertz CT molecular complexity index is 668. The Balaban J connectivity index is 1.82. The van der Waals surface area contributed by atoms with Gasteiger partial charge in [0.05, 0.1) is 21.5 Å². The maximum atomic E-state index is 11.7. The Kier molecular flexibility index (Phi) is 5.97. The number of hydrogen-bond donors (Lipinski definition) is 1. The van der Waals surface area contributed by atoms with E-state index in [2.05, 4.69) is 26.5 Å². The van der Waals surface area contributed by atoms with Crippen LogP contribution >= 0.6 is 27.3 Å². The highest BCUT2D eigenvalue weighted by Crippen LogP contribution is 2.22.